The summed E-state index contributed by atoms with van der Waals surface area (Å²) >= 11 is 0. The number of carbonyl (C=O) groups is 1. The molecule has 3 rings (SSSR count). The van der Waals surface area contributed by atoms with Crippen molar-refractivity contribution in [1.82, 2.24) is 15.1 Å². The van der Waals surface area contributed by atoms with Gasteiger partial charge in [0.2, 0.25) is 5.95 Å². The van der Waals surface area contributed by atoms with Crippen LogP contribution in [0.4, 0.5) is 11.8 Å². The van der Waals surface area contributed by atoms with E-state index in [9.17, 15) is 4.79 Å². The molecule has 0 atom stereocenters. The molecule has 0 aromatic carbocycles. The SMILES string of the molecule is Cc1cc(NC(=O)c2cnc(N3CCCCC3)nc2)no1. The van der Waals surface area contributed by atoms with Crippen molar-refractivity contribution >= 4 is 17.7 Å². The number of nitrogens with zero attached hydrogens (tertiary/aromatic N) is 4. The maximum absolute atomic E-state index is 12.0. The molecule has 1 aliphatic heterocycles. The predicted octanol–water partition coefficient (Wildman–Crippen LogP) is 2.02. The molecule has 0 radical (unpaired) electrons. The van der Waals surface area contributed by atoms with Crippen LogP contribution in [-0.4, -0.2) is 34.1 Å². The molecule has 1 saturated heterocycles. The fourth-order valence-corrected chi connectivity index (χ4v) is 2.31. The summed E-state index contributed by atoms with van der Waals surface area (Å²) in [7, 11) is 0. The van der Waals surface area contributed by atoms with Crippen LogP contribution in [0.5, 0.6) is 0 Å². The zero-order valence-corrected chi connectivity index (χ0v) is 11.9. The van der Waals surface area contributed by atoms with E-state index in [2.05, 4.69) is 25.3 Å². The minimum absolute atomic E-state index is 0.298. The molecule has 3 heterocycles. The lowest BCUT2D eigenvalue weighted by Gasteiger charge is -2.26. The summed E-state index contributed by atoms with van der Waals surface area (Å²) in [5.41, 5.74) is 0.399. The van der Waals surface area contributed by atoms with Crippen molar-refractivity contribution in [2.24, 2.45) is 0 Å². The van der Waals surface area contributed by atoms with Crippen molar-refractivity contribution in [3.05, 3.63) is 29.8 Å². The van der Waals surface area contributed by atoms with E-state index in [0.717, 1.165) is 25.9 Å². The standard InChI is InChI=1S/C14H17N5O2/c1-10-7-12(18-21-10)17-13(20)11-8-15-14(16-9-11)19-5-3-2-4-6-19/h7-9H,2-6H2,1H3,(H,17,18,20). The van der Waals surface area contributed by atoms with E-state index >= 15 is 0 Å². The number of nitrogens with one attached hydrogen (secondary N) is 1. The summed E-state index contributed by atoms with van der Waals surface area (Å²) in [5.74, 6) is 1.41. The van der Waals surface area contributed by atoms with Crippen molar-refractivity contribution in [3.8, 4) is 0 Å². The van der Waals surface area contributed by atoms with Crippen molar-refractivity contribution in [3.63, 3.8) is 0 Å². The van der Waals surface area contributed by atoms with Gasteiger partial charge in [0.15, 0.2) is 5.82 Å². The van der Waals surface area contributed by atoms with Crippen molar-refractivity contribution in [1.29, 1.82) is 0 Å². The van der Waals surface area contributed by atoms with Crippen LogP contribution in [0.3, 0.4) is 0 Å². The largest absolute Gasteiger partial charge is 0.360 e. The first kappa shape index (κ1) is 13.5. The molecule has 2 aromatic rings. The first-order valence-electron chi connectivity index (χ1n) is 7.04. The highest BCUT2D eigenvalue weighted by molar-refractivity contribution is 6.03. The second kappa shape index (κ2) is 5.90. The quantitative estimate of drug-likeness (QED) is 0.929. The second-order valence-corrected chi connectivity index (χ2v) is 5.10. The summed E-state index contributed by atoms with van der Waals surface area (Å²) in [4.78, 5) is 22.7. The van der Waals surface area contributed by atoms with E-state index in [1.165, 1.54) is 6.42 Å². The fraction of sp³-hybridized carbons (Fsp3) is 0.429. The number of rotatable bonds is 3. The van der Waals surface area contributed by atoms with Gasteiger partial charge in [0.25, 0.3) is 5.91 Å². The molecular formula is C14H17N5O2. The number of hydrogen-bond acceptors (Lipinski definition) is 6. The van der Waals surface area contributed by atoms with E-state index in [-0.39, 0.29) is 5.91 Å². The molecule has 21 heavy (non-hydrogen) atoms. The number of amides is 1. The van der Waals surface area contributed by atoms with Gasteiger partial charge >= 0.3 is 0 Å². The van der Waals surface area contributed by atoms with Crippen molar-refractivity contribution in [2.75, 3.05) is 23.3 Å². The molecule has 1 N–H and O–H groups in total. The highest BCUT2D eigenvalue weighted by atomic mass is 16.5. The highest BCUT2D eigenvalue weighted by Crippen LogP contribution is 2.15. The smallest absolute Gasteiger partial charge is 0.260 e. The first-order valence-corrected chi connectivity index (χ1v) is 7.04. The Labute approximate surface area is 122 Å². The molecule has 0 bridgehead atoms. The number of carbonyl (C=O) groups excluding carboxylic acids is 1. The number of hydrogen-bond donors (Lipinski definition) is 1. The third kappa shape index (κ3) is 3.18. The number of anilines is 2. The Morgan fingerprint density at radius 3 is 2.57 bits per heavy atom. The summed E-state index contributed by atoms with van der Waals surface area (Å²) < 4.78 is 4.90. The fourth-order valence-electron chi connectivity index (χ4n) is 2.31. The van der Waals surface area contributed by atoms with E-state index in [0.29, 0.717) is 23.1 Å². The van der Waals surface area contributed by atoms with Crippen LogP contribution >= 0.6 is 0 Å². The van der Waals surface area contributed by atoms with Crippen LogP contribution in [0, 0.1) is 6.92 Å². The van der Waals surface area contributed by atoms with Gasteiger partial charge < -0.3 is 14.7 Å². The minimum atomic E-state index is -0.298. The maximum atomic E-state index is 12.0. The van der Waals surface area contributed by atoms with Crippen LogP contribution in [-0.2, 0) is 0 Å². The average Bonchev–Trinajstić information content (AvgIpc) is 2.93. The van der Waals surface area contributed by atoms with Crippen LogP contribution in [0.25, 0.3) is 0 Å². The monoisotopic (exact) mass is 287 g/mol. The molecule has 2 aromatic heterocycles. The summed E-state index contributed by atoms with van der Waals surface area (Å²) in [6.07, 6.45) is 6.67. The Bertz CT molecular complexity index is 617. The van der Waals surface area contributed by atoms with E-state index in [4.69, 9.17) is 4.52 Å². The molecule has 110 valence electrons. The lowest BCUT2D eigenvalue weighted by molar-refractivity contribution is 0.102. The van der Waals surface area contributed by atoms with E-state index in [1.807, 2.05) is 0 Å². The summed E-state index contributed by atoms with van der Waals surface area (Å²) in [5, 5.41) is 6.36. The van der Waals surface area contributed by atoms with Crippen LogP contribution in [0.1, 0.15) is 35.4 Å². The van der Waals surface area contributed by atoms with Gasteiger partial charge in [-0.05, 0) is 26.2 Å². The van der Waals surface area contributed by atoms with E-state index in [1.54, 1.807) is 25.4 Å². The van der Waals surface area contributed by atoms with Gasteiger partial charge in [0.1, 0.15) is 5.76 Å². The topological polar surface area (TPSA) is 84.2 Å². The normalized spacial score (nSPS) is 15.0. The van der Waals surface area contributed by atoms with Crippen LogP contribution in [0.15, 0.2) is 23.0 Å². The second-order valence-electron chi connectivity index (χ2n) is 5.10. The number of aryl methyl sites for hydroxylation is 1. The van der Waals surface area contributed by atoms with Gasteiger partial charge in [-0.15, -0.1) is 0 Å². The van der Waals surface area contributed by atoms with Gasteiger partial charge in [-0.1, -0.05) is 5.16 Å². The van der Waals surface area contributed by atoms with Crippen LogP contribution < -0.4 is 10.2 Å². The summed E-state index contributed by atoms with van der Waals surface area (Å²) in [6, 6.07) is 1.65. The lowest BCUT2D eigenvalue weighted by atomic mass is 10.1. The summed E-state index contributed by atoms with van der Waals surface area (Å²) in [6.45, 7) is 3.71. The Kier molecular flexibility index (Phi) is 3.81. The third-order valence-corrected chi connectivity index (χ3v) is 3.41. The molecule has 1 fully saturated rings. The molecule has 1 amide bonds. The molecule has 0 spiro atoms. The van der Waals surface area contributed by atoms with Gasteiger partial charge in [0, 0.05) is 31.5 Å². The molecule has 1 aliphatic rings. The Hall–Kier alpha value is -2.44. The average molecular weight is 287 g/mol. The van der Waals surface area contributed by atoms with E-state index < -0.39 is 0 Å². The van der Waals surface area contributed by atoms with Gasteiger partial charge in [-0.25, -0.2) is 9.97 Å². The van der Waals surface area contributed by atoms with Crippen molar-refractivity contribution in [2.45, 2.75) is 26.2 Å². The Morgan fingerprint density at radius 2 is 1.95 bits per heavy atom. The predicted molar refractivity (Wildman–Crippen MR) is 77.3 cm³/mol. The Balaban J connectivity index is 1.67. The molecule has 0 saturated carbocycles. The maximum Gasteiger partial charge on any atom is 0.260 e. The van der Waals surface area contributed by atoms with Crippen LogP contribution in [0.2, 0.25) is 0 Å². The number of piperidine rings is 1. The molecule has 7 heteroatoms. The lowest BCUT2D eigenvalue weighted by Crippen LogP contribution is -2.31. The van der Waals surface area contributed by atoms with Gasteiger partial charge in [-0.2, -0.15) is 0 Å². The molecule has 0 aliphatic carbocycles. The number of aromatic nitrogens is 3. The van der Waals surface area contributed by atoms with Gasteiger partial charge in [0.05, 0.1) is 5.56 Å². The van der Waals surface area contributed by atoms with Gasteiger partial charge in [-0.3, -0.25) is 4.79 Å². The zero-order chi connectivity index (χ0) is 14.7. The molecular weight excluding hydrogens is 270 g/mol. The van der Waals surface area contributed by atoms with Crippen molar-refractivity contribution < 1.29 is 9.32 Å². The Morgan fingerprint density at radius 1 is 1.24 bits per heavy atom. The highest BCUT2D eigenvalue weighted by Gasteiger charge is 2.15. The third-order valence-electron chi connectivity index (χ3n) is 3.41. The zero-order valence-electron chi connectivity index (χ0n) is 11.9. The first-order chi connectivity index (χ1) is 10.2. The molecule has 0 unspecified atom stereocenters. The molecule has 7 nitrogen and oxygen atoms in total. The minimum Gasteiger partial charge on any atom is -0.360 e.